The quantitative estimate of drug-likeness (QED) is 0.0506. The Bertz CT molecular complexity index is 1200. The number of likely N-dealkylation sites (tertiary alicyclic amines) is 1. The molecule has 0 radical (unpaired) electrons. The van der Waals surface area contributed by atoms with Crippen molar-refractivity contribution < 1.29 is 99.3 Å². The van der Waals surface area contributed by atoms with Crippen molar-refractivity contribution in [2.24, 2.45) is 5.41 Å². The number of piperidine rings is 1. The van der Waals surface area contributed by atoms with E-state index in [9.17, 15) is 70.9 Å². The Hall–Kier alpha value is -1.82. The zero-order valence-corrected chi connectivity index (χ0v) is 32.5. The Morgan fingerprint density at radius 1 is 0.638 bits per heavy atom. The minimum absolute atomic E-state index is 0.000560. The van der Waals surface area contributed by atoms with Crippen molar-refractivity contribution in [2.45, 2.75) is 124 Å². The molecular weight excluding hydrogens is 782 g/mol. The van der Waals surface area contributed by atoms with E-state index in [0.29, 0.717) is 32.4 Å². The van der Waals surface area contributed by atoms with Crippen LogP contribution < -0.4 is 5.32 Å². The van der Waals surface area contributed by atoms with E-state index < -0.39 is 117 Å². The lowest BCUT2D eigenvalue weighted by Gasteiger charge is -2.41. The van der Waals surface area contributed by atoms with Crippen LogP contribution in [0.2, 0.25) is 0 Å². The second kappa shape index (κ2) is 22.9. The van der Waals surface area contributed by atoms with Gasteiger partial charge in [-0.15, -0.1) is 0 Å². The van der Waals surface area contributed by atoms with E-state index in [2.05, 4.69) is 10.2 Å². The second-order valence-electron chi connectivity index (χ2n) is 15.4. The lowest BCUT2D eigenvalue weighted by Crippen LogP contribution is -2.59. The number of hydrogen-bond acceptors (Lipinski definition) is 21. The molecule has 23 nitrogen and oxygen atoms in total. The van der Waals surface area contributed by atoms with Gasteiger partial charge in [-0.1, -0.05) is 0 Å². The van der Waals surface area contributed by atoms with E-state index in [1.807, 2.05) is 7.05 Å². The third-order valence-corrected chi connectivity index (χ3v) is 11.3. The van der Waals surface area contributed by atoms with Gasteiger partial charge in [0.25, 0.3) is 0 Å². The van der Waals surface area contributed by atoms with Crippen molar-refractivity contribution >= 4 is 11.8 Å². The number of aliphatic hydroxyl groups is 12. The van der Waals surface area contributed by atoms with Crippen LogP contribution in [0.15, 0.2) is 0 Å². The summed E-state index contributed by atoms with van der Waals surface area (Å²) in [7, 11) is 1.94. The van der Waals surface area contributed by atoms with Gasteiger partial charge in [-0.2, -0.15) is 0 Å². The number of ether oxygens (including phenoxy) is 6. The molecule has 4 saturated heterocycles. The van der Waals surface area contributed by atoms with Gasteiger partial charge in [0.15, 0.2) is 18.9 Å². The van der Waals surface area contributed by atoms with Gasteiger partial charge in [0.05, 0.1) is 39.6 Å². The normalized spacial score (nSPS) is 38.3. The highest BCUT2D eigenvalue weighted by Crippen LogP contribution is 2.39. The van der Waals surface area contributed by atoms with Crippen LogP contribution in [0.4, 0.5) is 0 Å². The number of nitrogens with one attached hydrogen (secondary N) is 1. The number of carbonyl (C=O) groups is 2. The van der Waals surface area contributed by atoms with Crippen LogP contribution in [0.1, 0.15) is 32.1 Å². The Morgan fingerprint density at radius 2 is 1.03 bits per heavy atom. The summed E-state index contributed by atoms with van der Waals surface area (Å²) in [5, 5.41) is 123. The van der Waals surface area contributed by atoms with E-state index in [4.69, 9.17) is 28.4 Å². The molecule has 0 aliphatic carbocycles. The summed E-state index contributed by atoms with van der Waals surface area (Å²) < 4.78 is 32.8. The molecule has 338 valence electrons. The van der Waals surface area contributed by atoms with Crippen molar-refractivity contribution in [3.8, 4) is 0 Å². The molecule has 0 bridgehead atoms. The van der Waals surface area contributed by atoms with Gasteiger partial charge >= 0.3 is 0 Å². The van der Waals surface area contributed by atoms with Gasteiger partial charge in [0.2, 0.25) is 11.8 Å². The van der Waals surface area contributed by atoms with Gasteiger partial charge in [-0.25, -0.2) is 0 Å². The van der Waals surface area contributed by atoms with Crippen LogP contribution in [0.5, 0.6) is 0 Å². The molecule has 0 aromatic heterocycles. The molecule has 4 heterocycles. The van der Waals surface area contributed by atoms with Crippen LogP contribution in [-0.2, 0) is 38.0 Å². The maximum absolute atomic E-state index is 13.9. The Labute approximate surface area is 335 Å². The molecule has 58 heavy (non-hydrogen) atoms. The SMILES string of the molecule is CN1CCC(CCC(=O)N(CCO[C@H]2O[C@H](CO)[C@@H](O)[C@H](O)[C@@H]2O)CCO[C@H]2O[C@H](CO)[C@@H](O)[C@H](O)[C@@H]2O)(CC(=O)NCCO[C@@H]2O[C@H](CO)[C@@H](O)[C@H](O)[C@H]2O)CC1. The Morgan fingerprint density at radius 3 is 1.43 bits per heavy atom. The summed E-state index contributed by atoms with van der Waals surface area (Å²) in [6, 6.07) is 0. The highest BCUT2D eigenvalue weighted by molar-refractivity contribution is 5.78. The van der Waals surface area contributed by atoms with Crippen molar-refractivity contribution in [2.75, 3.05) is 79.4 Å². The lowest BCUT2D eigenvalue weighted by atomic mass is 9.72. The topological polar surface area (TPSA) is 351 Å². The van der Waals surface area contributed by atoms with Gasteiger partial charge in [-0.3, -0.25) is 9.59 Å². The van der Waals surface area contributed by atoms with Crippen molar-refractivity contribution in [3.05, 3.63) is 0 Å². The Kier molecular flexibility index (Phi) is 19.2. The first-order valence-corrected chi connectivity index (χ1v) is 19.6. The molecular formula is C35H63N3O20. The summed E-state index contributed by atoms with van der Waals surface area (Å²) >= 11 is 0. The fourth-order valence-corrected chi connectivity index (χ4v) is 7.44. The number of hydrogen-bond donors (Lipinski definition) is 13. The molecule has 4 rings (SSSR count). The second-order valence-corrected chi connectivity index (χ2v) is 15.4. The first-order chi connectivity index (χ1) is 27.6. The Balaban J connectivity index is 1.35. The third-order valence-electron chi connectivity index (χ3n) is 11.3. The van der Waals surface area contributed by atoms with Gasteiger partial charge in [-0.05, 0) is 44.8 Å². The minimum Gasteiger partial charge on any atom is -0.394 e. The zero-order chi connectivity index (χ0) is 42.7. The first kappa shape index (κ1) is 48.8. The lowest BCUT2D eigenvalue weighted by molar-refractivity contribution is -0.303. The van der Waals surface area contributed by atoms with Crippen LogP contribution in [0, 0.1) is 5.41 Å². The number of rotatable bonds is 20. The molecule has 0 saturated carbocycles. The van der Waals surface area contributed by atoms with E-state index in [1.54, 1.807) is 0 Å². The fraction of sp³-hybridized carbons (Fsp3) is 0.943. The zero-order valence-electron chi connectivity index (χ0n) is 32.5. The number of carbonyl (C=O) groups excluding carboxylic acids is 2. The smallest absolute Gasteiger partial charge is 0.222 e. The van der Waals surface area contributed by atoms with E-state index in [0.717, 1.165) is 0 Å². The standard InChI is InChI=1S/C35H63N3O20/c1-37-7-4-35(5-8-37,14-21(42)36-6-11-53-32-29(50)26(47)23(44)18(15-39)56-32)3-2-22(43)38(9-12-54-33-30(51)27(48)24(45)19(16-40)57-33)10-13-55-34-31(52)28(49)25(46)20(17-41)58-34/h18-20,23-34,39-41,44-52H,2-17H2,1H3,(H,36,42)/t18-,19-,20-,23-,24-,25-,26+,27+,28+,29-,30+,31+,32-,33+,34+/m1/s1. The summed E-state index contributed by atoms with van der Waals surface area (Å²) in [6.45, 7) is -1.51. The molecule has 4 aliphatic heterocycles. The third kappa shape index (κ3) is 12.6. The monoisotopic (exact) mass is 845 g/mol. The van der Waals surface area contributed by atoms with Crippen LogP contribution in [0.3, 0.4) is 0 Å². The van der Waals surface area contributed by atoms with E-state index >= 15 is 0 Å². The molecule has 23 heteroatoms. The van der Waals surface area contributed by atoms with Gasteiger partial charge in [0.1, 0.15) is 73.2 Å². The summed E-state index contributed by atoms with van der Waals surface area (Å²) in [5.74, 6) is -0.714. The fourth-order valence-electron chi connectivity index (χ4n) is 7.44. The molecule has 2 amide bonds. The maximum atomic E-state index is 13.9. The van der Waals surface area contributed by atoms with Crippen LogP contribution in [0.25, 0.3) is 0 Å². The molecule has 4 fully saturated rings. The average Bonchev–Trinajstić information content (AvgIpc) is 3.21. The summed E-state index contributed by atoms with van der Waals surface area (Å²) in [5.41, 5.74) is -0.588. The highest BCUT2D eigenvalue weighted by Gasteiger charge is 2.46. The number of nitrogens with zero attached hydrogens (tertiary/aromatic N) is 2. The molecule has 15 atom stereocenters. The van der Waals surface area contributed by atoms with Crippen molar-refractivity contribution in [3.63, 3.8) is 0 Å². The molecule has 0 unspecified atom stereocenters. The van der Waals surface area contributed by atoms with Crippen molar-refractivity contribution in [1.82, 2.24) is 15.1 Å². The molecule has 0 aromatic rings. The van der Waals surface area contributed by atoms with Gasteiger partial charge in [0, 0.05) is 32.5 Å². The molecule has 13 N–H and O–H groups in total. The highest BCUT2D eigenvalue weighted by atomic mass is 16.7. The van der Waals surface area contributed by atoms with Crippen molar-refractivity contribution in [1.29, 1.82) is 0 Å². The predicted molar refractivity (Wildman–Crippen MR) is 192 cm³/mol. The van der Waals surface area contributed by atoms with E-state index in [1.165, 1.54) is 4.90 Å². The predicted octanol–water partition coefficient (Wildman–Crippen LogP) is -7.74. The molecule has 0 aromatic carbocycles. The summed E-state index contributed by atoms with van der Waals surface area (Å²) in [4.78, 5) is 30.6. The number of amides is 2. The van der Waals surface area contributed by atoms with Gasteiger partial charge < -0.3 is 105 Å². The van der Waals surface area contributed by atoms with Crippen LogP contribution >= 0.6 is 0 Å². The minimum atomic E-state index is -1.68. The molecule has 0 spiro atoms. The van der Waals surface area contributed by atoms with Crippen LogP contribution in [-0.4, -0.2) is 254 Å². The maximum Gasteiger partial charge on any atom is 0.222 e. The summed E-state index contributed by atoms with van der Waals surface area (Å²) in [6.07, 6.45) is -21.0. The largest absolute Gasteiger partial charge is 0.394 e. The average molecular weight is 846 g/mol. The number of aliphatic hydroxyl groups excluding tert-OH is 12. The molecule has 4 aliphatic rings. The first-order valence-electron chi connectivity index (χ1n) is 19.6. The van der Waals surface area contributed by atoms with E-state index in [-0.39, 0.29) is 64.1 Å².